The lowest BCUT2D eigenvalue weighted by Gasteiger charge is -2.39. The summed E-state index contributed by atoms with van der Waals surface area (Å²) in [7, 11) is 0. The van der Waals surface area contributed by atoms with Crippen LogP contribution in [0.3, 0.4) is 0 Å². The van der Waals surface area contributed by atoms with Gasteiger partial charge in [-0.2, -0.15) is 0 Å². The van der Waals surface area contributed by atoms with Gasteiger partial charge < -0.3 is 19.9 Å². The van der Waals surface area contributed by atoms with Crippen molar-refractivity contribution in [3.05, 3.63) is 65.5 Å². The Morgan fingerprint density at radius 3 is 2.48 bits per heavy atom. The van der Waals surface area contributed by atoms with E-state index in [0.717, 1.165) is 0 Å². The van der Waals surface area contributed by atoms with Gasteiger partial charge in [0.15, 0.2) is 0 Å². The zero-order chi connectivity index (χ0) is 22.1. The van der Waals surface area contributed by atoms with Crippen LogP contribution < -0.4 is 0 Å². The zero-order valence-electron chi connectivity index (χ0n) is 16.7. The number of carboxylic acids is 1. The lowest BCUT2D eigenvalue weighted by Crippen LogP contribution is -2.56. The van der Waals surface area contributed by atoms with Crippen molar-refractivity contribution >= 4 is 34.6 Å². The SMILES string of the molecule is C[C@@H]1CN(C(=O)c2ccccc2)CCN1C(=O)C(=O)c1c[nH]c2c(C(=O)O)ccnc12. The van der Waals surface area contributed by atoms with Crippen molar-refractivity contribution < 1.29 is 24.3 Å². The van der Waals surface area contributed by atoms with E-state index in [1.54, 1.807) is 36.1 Å². The average Bonchev–Trinajstić information content (AvgIpc) is 3.22. The third kappa shape index (κ3) is 3.65. The van der Waals surface area contributed by atoms with E-state index in [0.29, 0.717) is 18.7 Å². The largest absolute Gasteiger partial charge is 0.478 e. The first kappa shape index (κ1) is 20.3. The Balaban J connectivity index is 1.51. The Bertz CT molecular complexity index is 1190. The summed E-state index contributed by atoms with van der Waals surface area (Å²) >= 11 is 0. The van der Waals surface area contributed by atoms with Crippen LogP contribution in [0.15, 0.2) is 48.8 Å². The van der Waals surface area contributed by atoms with Gasteiger partial charge in [-0.1, -0.05) is 18.2 Å². The first-order valence-corrected chi connectivity index (χ1v) is 9.77. The molecule has 3 heterocycles. The molecule has 0 radical (unpaired) electrons. The van der Waals surface area contributed by atoms with Gasteiger partial charge in [0, 0.05) is 43.6 Å². The van der Waals surface area contributed by atoms with E-state index >= 15 is 0 Å². The maximum absolute atomic E-state index is 12.9. The lowest BCUT2D eigenvalue weighted by molar-refractivity contribution is -0.130. The van der Waals surface area contributed by atoms with Gasteiger partial charge in [-0.05, 0) is 25.1 Å². The minimum Gasteiger partial charge on any atom is -0.478 e. The summed E-state index contributed by atoms with van der Waals surface area (Å²) < 4.78 is 0. The van der Waals surface area contributed by atoms with E-state index in [9.17, 15) is 24.3 Å². The topological polar surface area (TPSA) is 124 Å². The number of aromatic carboxylic acids is 1. The van der Waals surface area contributed by atoms with E-state index in [2.05, 4.69) is 9.97 Å². The zero-order valence-corrected chi connectivity index (χ0v) is 16.7. The number of carbonyl (C=O) groups is 4. The fraction of sp³-hybridized carbons (Fsp3) is 0.227. The van der Waals surface area contributed by atoms with E-state index in [1.165, 1.54) is 23.4 Å². The molecular weight excluding hydrogens is 400 g/mol. The number of hydrogen-bond donors (Lipinski definition) is 2. The number of amides is 2. The molecule has 0 bridgehead atoms. The molecule has 1 fully saturated rings. The van der Waals surface area contributed by atoms with E-state index in [-0.39, 0.29) is 40.7 Å². The van der Waals surface area contributed by atoms with Gasteiger partial charge in [0.05, 0.1) is 16.6 Å². The number of piperazine rings is 1. The van der Waals surface area contributed by atoms with Crippen LogP contribution in [0.1, 0.15) is 38.0 Å². The molecule has 2 N–H and O–H groups in total. The quantitative estimate of drug-likeness (QED) is 0.490. The van der Waals surface area contributed by atoms with Crippen LogP contribution in [0.2, 0.25) is 0 Å². The summed E-state index contributed by atoms with van der Waals surface area (Å²) in [5.74, 6) is -2.75. The normalized spacial score (nSPS) is 16.4. The molecule has 9 nitrogen and oxygen atoms in total. The van der Waals surface area contributed by atoms with Crippen LogP contribution in [0, 0.1) is 0 Å². The van der Waals surface area contributed by atoms with Gasteiger partial charge in [0.25, 0.3) is 17.6 Å². The summed E-state index contributed by atoms with van der Waals surface area (Å²) in [4.78, 5) is 59.8. The third-order valence-electron chi connectivity index (χ3n) is 5.43. The van der Waals surface area contributed by atoms with Crippen molar-refractivity contribution in [1.29, 1.82) is 0 Å². The summed E-state index contributed by atoms with van der Waals surface area (Å²) in [5, 5.41) is 9.29. The highest BCUT2D eigenvalue weighted by Gasteiger charge is 2.34. The fourth-order valence-corrected chi connectivity index (χ4v) is 3.83. The number of nitrogens with one attached hydrogen (secondary N) is 1. The number of Topliss-reactive ketones (excluding diaryl/α,β-unsaturated/α-hetero) is 1. The van der Waals surface area contributed by atoms with Gasteiger partial charge in [0.1, 0.15) is 5.52 Å². The van der Waals surface area contributed by atoms with E-state index < -0.39 is 17.7 Å². The average molecular weight is 420 g/mol. The van der Waals surface area contributed by atoms with Crippen LogP contribution in [0.4, 0.5) is 0 Å². The van der Waals surface area contributed by atoms with E-state index in [1.807, 2.05) is 6.07 Å². The highest BCUT2D eigenvalue weighted by Crippen LogP contribution is 2.22. The number of aromatic amines is 1. The van der Waals surface area contributed by atoms with Crippen LogP contribution in [0.25, 0.3) is 11.0 Å². The number of ketones is 1. The molecule has 1 aliphatic heterocycles. The molecule has 158 valence electrons. The predicted molar refractivity (Wildman–Crippen MR) is 111 cm³/mol. The molecule has 1 aromatic carbocycles. The monoisotopic (exact) mass is 420 g/mol. The molecule has 0 unspecified atom stereocenters. The summed E-state index contributed by atoms with van der Waals surface area (Å²) in [5.41, 5.74) is 0.905. The molecule has 9 heteroatoms. The molecule has 0 spiro atoms. The molecule has 1 saturated heterocycles. The van der Waals surface area contributed by atoms with Crippen molar-refractivity contribution in [2.24, 2.45) is 0 Å². The lowest BCUT2D eigenvalue weighted by atomic mass is 10.1. The van der Waals surface area contributed by atoms with Gasteiger partial charge in [0.2, 0.25) is 0 Å². The molecular formula is C22H20N4O5. The summed E-state index contributed by atoms with van der Waals surface area (Å²) in [6, 6.07) is 9.86. The number of carboxylic acid groups (broad SMARTS) is 1. The van der Waals surface area contributed by atoms with Gasteiger partial charge in [-0.15, -0.1) is 0 Å². The highest BCUT2D eigenvalue weighted by atomic mass is 16.4. The minimum absolute atomic E-state index is 0.0260. The van der Waals surface area contributed by atoms with Crippen molar-refractivity contribution in [2.45, 2.75) is 13.0 Å². The molecule has 1 aliphatic rings. The Morgan fingerprint density at radius 2 is 1.81 bits per heavy atom. The number of pyridine rings is 1. The minimum atomic E-state index is -1.16. The van der Waals surface area contributed by atoms with Gasteiger partial charge in [-0.3, -0.25) is 19.4 Å². The fourth-order valence-electron chi connectivity index (χ4n) is 3.83. The molecule has 0 aliphatic carbocycles. The third-order valence-corrected chi connectivity index (χ3v) is 5.43. The Hall–Kier alpha value is -4.01. The van der Waals surface area contributed by atoms with Crippen LogP contribution in [-0.2, 0) is 4.79 Å². The molecule has 2 amide bonds. The van der Waals surface area contributed by atoms with Crippen molar-refractivity contribution in [3.8, 4) is 0 Å². The number of nitrogens with zero attached hydrogens (tertiary/aromatic N) is 3. The van der Waals surface area contributed by atoms with Crippen LogP contribution in [-0.4, -0.2) is 74.1 Å². The first-order valence-electron chi connectivity index (χ1n) is 9.77. The molecule has 1 atom stereocenters. The number of H-pyrrole nitrogens is 1. The van der Waals surface area contributed by atoms with Crippen LogP contribution >= 0.6 is 0 Å². The van der Waals surface area contributed by atoms with Crippen molar-refractivity contribution in [2.75, 3.05) is 19.6 Å². The van der Waals surface area contributed by atoms with Crippen molar-refractivity contribution in [3.63, 3.8) is 0 Å². The molecule has 2 aromatic heterocycles. The Labute approximate surface area is 177 Å². The molecule has 3 aromatic rings. The van der Waals surface area contributed by atoms with Gasteiger partial charge in [-0.25, -0.2) is 4.79 Å². The summed E-state index contributed by atoms with van der Waals surface area (Å²) in [6.45, 7) is 2.63. The second kappa shape index (κ2) is 8.02. The number of carbonyl (C=O) groups excluding carboxylic acids is 3. The number of aromatic nitrogens is 2. The smallest absolute Gasteiger partial charge is 0.337 e. The Morgan fingerprint density at radius 1 is 1.06 bits per heavy atom. The maximum Gasteiger partial charge on any atom is 0.337 e. The second-order valence-electron chi connectivity index (χ2n) is 7.38. The molecule has 0 saturated carbocycles. The molecule has 4 rings (SSSR count). The first-order chi connectivity index (χ1) is 14.9. The van der Waals surface area contributed by atoms with Crippen LogP contribution in [0.5, 0.6) is 0 Å². The Kier molecular flexibility index (Phi) is 5.24. The number of benzene rings is 1. The highest BCUT2D eigenvalue weighted by molar-refractivity contribution is 6.44. The predicted octanol–water partition coefficient (Wildman–Crippen LogP) is 1.82. The summed E-state index contributed by atoms with van der Waals surface area (Å²) in [6.07, 6.45) is 2.60. The molecule has 31 heavy (non-hydrogen) atoms. The number of rotatable bonds is 4. The second-order valence-corrected chi connectivity index (χ2v) is 7.38. The number of fused-ring (bicyclic) bond motifs is 1. The van der Waals surface area contributed by atoms with E-state index in [4.69, 9.17) is 0 Å². The number of hydrogen-bond acceptors (Lipinski definition) is 5. The van der Waals surface area contributed by atoms with Crippen molar-refractivity contribution in [1.82, 2.24) is 19.8 Å². The standard InChI is InChI=1S/C22H20N4O5/c1-13-12-25(20(28)14-5-3-2-4-6-14)9-10-26(13)21(29)19(27)16-11-24-17-15(22(30)31)7-8-23-18(16)17/h2-8,11,13,24H,9-10,12H2,1H3,(H,30,31)/t13-/m1/s1. The maximum atomic E-state index is 12.9. The van der Waals surface area contributed by atoms with Gasteiger partial charge >= 0.3 is 5.97 Å².